The van der Waals surface area contributed by atoms with E-state index in [0.717, 1.165) is 0 Å². The number of hydrogen-bond donors (Lipinski definition) is 6. The van der Waals surface area contributed by atoms with E-state index in [0.29, 0.717) is 11.3 Å². The van der Waals surface area contributed by atoms with Crippen molar-refractivity contribution < 1.29 is 34.8 Å². The molecule has 3 aliphatic carbocycles. The van der Waals surface area contributed by atoms with E-state index in [1.165, 1.54) is 17.0 Å². The molecule has 0 heterocycles. The minimum atomic E-state index is -2.64. The molecule has 0 radical (unpaired) electrons. The Balaban J connectivity index is 0.00000289. The molecule has 32 heavy (non-hydrogen) atoms. The summed E-state index contributed by atoms with van der Waals surface area (Å²) in [5, 5.41) is 43.3. The second-order valence-electron chi connectivity index (χ2n) is 8.49. The van der Waals surface area contributed by atoms with Gasteiger partial charge in [0.15, 0.2) is 11.4 Å². The van der Waals surface area contributed by atoms with Crippen LogP contribution in [-0.2, 0) is 20.8 Å². The van der Waals surface area contributed by atoms with Crippen LogP contribution in [0.25, 0.3) is 5.76 Å². The maximum Gasteiger partial charge on any atom is 0.255 e. The minimum Gasteiger partial charge on any atom is -0.508 e. The summed E-state index contributed by atoms with van der Waals surface area (Å²) >= 11 is 0. The molecule has 0 bridgehead atoms. The molecule has 4 rings (SSSR count). The van der Waals surface area contributed by atoms with Gasteiger partial charge in [-0.3, -0.25) is 19.3 Å². The van der Waals surface area contributed by atoms with E-state index >= 15 is 0 Å². The number of aromatic hydroxyl groups is 1. The summed E-state index contributed by atoms with van der Waals surface area (Å²) in [5.41, 5.74) is 8.35. The first-order valence-electron chi connectivity index (χ1n) is 9.68. The molecule has 1 aromatic rings. The molecule has 8 N–H and O–H groups in total. The molecule has 3 aliphatic rings. The molecule has 0 unspecified atom stereocenters. The van der Waals surface area contributed by atoms with Crippen LogP contribution >= 0.6 is 12.4 Å². The number of nitrogen functional groups attached to an aromatic ring is 1. The number of carbonyl (C=O) groups is 3. The van der Waals surface area contributed by atoms with Gasteiger partial charge in [-0.25, -0.2) is 0 Å². The Kier molecular flexibility index (Phi) is 5.53. The van der Waals surface area contributed by atoms with Crippen molar-refractivity contribution in [1.29, 1.82) is 0 Å². The molecule has 1 saturated carbocycles. The maximum absolute atomic E-state index is 13.5. The van der Waals surface area contributed by atoms with Crippen LogP contribution in [0.5, 0.6) is 5.75 Å². The molecule has 4 atom stereocenters. The molecule has 0 saturated heterocycles. The summed E-state index contributed by atoms with van der Waals surface area (Å²) in [5.74, 6) is -6.80. The predicted octanol–water partition coefficient (Wildman–Crippen LogP) is -0.0320. The molecule has 0 spiro atoms. The Hall–Kier alpha value is -3.08. The van der Waals surface area contributed by atoms with Gasteiger partial charge >= 0.3 is 0 Å². The van der Waals surface area contributed by atoms with E-state index < -0.39 is 58.0 Å². The summed E-state index contributed by atoms with van der Waals surface area (Å²) in [6, 6.07) is 1.65. The SMILES string of the molecule is CN(C)[C@@H]1C(=O)C(C(N)=O)=C(O)[C@@]2(O)C(=O)C3=C(O)c4c(O)ccc(N)c4C[C@H]3C[C@@H]12.Cl. The summed E-state index contributed by atoms with van der Waals surface area (Å²) in [6.07, 6.45) is 0.204. The molecule has 1 fully saturated rings. The number of nitrogens with zero attached hydrogens (tertiary/aromatic N) is 1. The number of rotatable bonds is 2. The van der Waals surface area contributed by atoms with E-state index in [1.54, 1.807) is 14.1 Å². The Morgan fingerprint density at radius 3 is 2.38 bits per heavy atom. The van der Waals surface area contributed by atoms with Crippen LogP contribution in [0.3, 0.4) is 0 Å². The third-order valence-electron chi connectivity index (χ3n) is 6.64. The first-order chi connectivity index (χ1) is 14.4. The monoisotopic (exact) mass is 465 g/mol. The Bertz CT molecular complexity index is 1130. The number of carbonyl (C=O) groups excluding carboxylic acids is 3. The number of nitrogens with two attached hydrogens (primary N) is 2. The lowest BCUT2D eigenvalue weighted by Crippen LogP contribution is -2.65. The third-order valence-corrected chi connectivity index (χ3v) is 6.64. The van der Waals surface area contributed by atoms with E-state index in [1.807, 2.05) is 0 Å². The van der Waals surface area contributed by atoms with Gasteiger partial charge in [0, 0.05) is 17.2 Å². The van der Waals surface area contributed by atoms with Crippen molar-refractivity contribution in [2.75, 3.05) is 19.8 Å². The van der Waals surface area contributed by atoms with Crippen LogP contribution in [0.15, 0.2) is 29.0 Å². The third kappa shape index (κ3) is 2.83. The van der Waals surface area contributed by atoms with Crippen LogP contribution < -0.4 is 11.5 Å². The summed E-state index contributed by atoms with van der Waals surface area (Å²) in [6.45, 7) is 0. The fourth-order valence-electron chi connectivity index (χ4n) is 5.27. The lowest BCUT2D eigenvalue weighted by molar-refractivity contribution is -0.153. The fourth-order valence-corrected chi connectivity index (χ4v) is 5.27. The van der Waals surface area contributed by atoms with Crippen LogP contribution in [0.2, 0.25) is 0 Å². The first-order valence-corrected chi connectivity index (χ1v) is 9.68. The van der Waals surface area contributed by atoms with E-state index in [-0.39, 0.29) is 42.1 Å². The number of Topliss-reactive ketones (excluding diaryl/α,β-unsaturated/α-hetero) is 2. The highest BCUT2D eigenvalue weighted by Gasteiger charge is 2.64. The van der Waals surface area contributed by atoms with Crippen LogP contribution in [-0.4, -0.2) is 68.5 Å². The minimum absolute atomic E-state index is 0. The molecular weight excluding hydrogens is 442 g/mol. The lowest BCUT2D eigenvalue weighted by Gasteiger charge is -2.50. The first kappa shape index (κ1) is 23.6. The molecule has 11 heteroatoms. The van der Waals surface area contributed by atoms with Gasteiger partial charge in [0.05, 0.1) is 11.6 Å². The number of anilines is 1. The molecule has 0 aliphatic heterocycles. The van der Waals surface area contributed by atoms with E-state index in [4.69, 9.17) is 11.5 Å². The number of aliphatic hydroxyl groups is 3. The standard InChI is InChI=1S/C21H23N3O7.ClH/c1-24(2)15-9-6-7-5-8-10(22)3-4-11(25)13(8)16(26)12(7)18(28)21(9,31)19(29)14(17(15)27)20(23)30;/h3-4,7,9,15,25-26,29,31H,5-6,22H2,1-2H3,(H2,23,30);1H/t7-,9-,15-,21-;/m0./s1. The van der Waals surface area contributed by atoms with Crippen molar-refractivity contribution in [1.82, 2.24) is 4.90 Å². The lowest BCUT2D eigenvalue weighted by atomic mass is 9.57. The number of primary amides is 1. The highest BCUT2D eigenvalue weighted by Crippen LogP contribution is 2.53. The molecule has 0 aromatic heterocycles. The molecule has 1 aromatic carbocycles. The smallest absolute Gasteiger partial charge is 0.255 e. The highest BCUT2D eigenvalue weighted by molar-refractivity contribution is 6.24. The Morgan fingerprint density at radius 1 is 1.19 bits per heavy atom. The van der Waals surface area contributed by atoms with Crippen molar-refractivity contribution in [3.8, 4) is 5.75 Å². The predicted molar refractivity (Wildman–Crippen MR) is 116 cm³/mol. The van der Waals surface area contributed by atoms with Crippen molar-refractivity contribution >= 4 is 41.3 Å². The number of hydrogen-bond acceptors (Lipinski definition) is 9. The number of likely N-dealkylation sites (N-methyl/N-ethyl adjacent to an activating group) is 1. The van der Waals surface area contributed by atoms with Crippen LogP contribution in [0, 0.1) is 11.8 Å². The highest BCUT2D eigenvalue weighted by atomic mass is 35.5. The second kappa shape index (κ2) is 7.51. The molecule has 172 valence electrons. The number of ketones is 2. The molecular formula is C21H24ClN3O7. The molecule has 10 nitrogen and oxygen atoms in total. The van der Waals surface area contributed by atoms with Gasteiger partial charge in [0.2, 0.25) is 5.78 Å². The van der Waals surface area contributed by atoms with Crippen molar-refractivity contribution in [2.24, 2.45) is 17.6 Å². The van der Waals surface area contributed by atoms with Gasteiger partial charge in [-0.05, 0) is 50.6 Å². The summed E-state index contributed by atoms with van der Waals surface area (Å²) in [4.78, 5) is 39.8. The van der Waals surface area contributed by atoms with Gasteiger partial charge in [-0.15, -0.1) is 12.4 Å². The van der Waals surface area contributed by atoms with Crippen molar-refractivity contribution in [2.45, 2.75) is 24.5 Å². The number of aliphatic hydroxyl groups excluding tert-OH is 2. The van der Waals surface area contributed by atoms with Gasteiger partial charge in [-0.1, -0.05) is 0 Å². The van der Waals surface area contributed by atoms with E-state index in [9.17, 15) is 34.8 Å². The van der Waals surface area contributed by atoms with Gasteiger partial charge < -0.3 is 31.9 Å². The van der Waals surface area contributed by atoms with Crippen molar-refractivity contribution in [3.63, 3.8) is 0 Å². The zero-order valence-electron chi connectivity index (χ0n) is 17.3. The topological polar surface area (TPSA) is 187 Å². The maximum atomic E-state index is 13.5. The Labute approximate surface area is 189 Å². The largest absolute Gasteiger partial charge is 0.508 e. The van der Waals surface area contributed by atoms with Crippen molar-refractivity contribution in [3.05, 3.63) is 40.2 Å². The number of halogens is 1. The van der Waals surface area contributed by atoms with Crippen LogP contribution in [0.4, 0.5) is 5.69 Å². The van der Waals surface area contributed by atoms with Crippen LogP contribution in [0.1, 0.15) is 17.5 Å². The summed E-state index contributed by atoms with van der Waals surface area (Å²) < 4.78 is 0. The second-order valence-corrected chi connectivity index (χ2v) is 8.49. The number of phenols is 1. The average Bonchev–Trinajstić information content (AvgIpc) is 2.67. The fraction of sp³-hybridized carbons (Fsp3) is 0.381. The quantitative estimate of drug-likeness (QED) is 0.198. The zero-order chi connectivity index (χ0) is 23.0. The van der Waals surface area contributed by atoms with E-state index in [2.05, 4.69) is 0 Å². The van der Waals surface area contributed by atoms with Gasteiger partial charge in [-0.2, -0.15) is 0 Å². The zero-order valence-corrected chi connectivity index (χ0v) is 18.1. The number of amides is 1. The molecule has 1 amide bonds. The summed E-state index contributed by atoms with van der Waals surface area (Å²) in [7, 11) is 3.09. The normalized spacial score (nSPS) is 29.3. The number of phenolic OH excluding ortho intramolecular Hbond substituents is 1. The number of benzene rings is 1. The van der Waals surface area contributed by atoms with Gasteiger partial charge in [0.1, 0.15) is 22.8 Å². The average molecular weight is 466 g/mol. The Morgan fingerprint density at radius 2 is 1.81 bits per heavy atom. The van der Waals surface area contributed by atoms with Gasteiger partial charge in [0.25, 0.3) is 5.91 Å². The number of fused-ring (bicyclic) bond motifs is 3.